The fraction of sp³-hybridized carbons (Fsp3) is 0.643. The zero-order valence-electron chi connectivity index (χ0n) is 10.9. The Kier molecular flexibility index (Phi) is 3.59. The van der Waals surface area contributed by atoms with Crippen LogP contribution in [-0.4, -0.2) is 48.3 Å². The molecule has 0 spiro atoms. The predicted octanol–water partition coefficient (Wildman–Crippen LogP) is 1.03. The van der Waals surface area contributed by atoms with E-state index in [9.17, 15) is 0 Å². The van der Waals surface area contributed by atoms with Crippen molar-refractivity contribution < 1.29 is 4.74 Å². The summed E-state index contributed by atoms with van der Waals surface area (Å²) in [7, 11) is 2.18. The van der Waals surface area contributed by atoms with Crippen LogP contribution >= 0.6 is 0 Å². The number of ether oxygens (including phenoxy) is 1. The molecule has 0 aromatic carbocycles. The summed E-state index contributed by atoms with van der Waals surface area (Å²) < 4.78 is 5.95. The normalized spacial score (nSPS) is 31.6. The molecular formula is C14H21N3O. The first-order valence-corrected chi connectivity index (χ1v) is 6.79. The van der Waals surface area contributed by atoms with Crippen LogP contribution in [0.25, 0.3) is 0 Å². The lowest BCUT2D eigenvalue weighted by Gasteiger charge is -2.33. The smallest absolute Gasteiger partial charge is 0.0895 e. The van der Waals surface area contributed by atoms with Crippen LogP contribution in [0.4, 0.5) is 0 Å². The monoisotopic (exact) mass is 247 g/mol. The molecule has 4 nitrogen and oxygen atoms in total. The molecule has 18 heavy (non-hydrogen) atoms. The minimum atomic E-state index is 0.362. The van der Waals surface area contributed by atoms with Crippen LogP contribution in [0.3, 0.4) is 0 Å². The van der Waals surface area contributed by atoms with Gasteiger partial charge in [-0.05, 0) is 31.5 Å². The first-order chi connectivity index (χ1) is 8.84. The fourth-order valence-corrected chi connectivity index (χ4v) is 3.09. The third-order valence-electron chi connectivity index (χ3n) is 4.06. The van der Waals surface area contributed by atoms with Gasteiger partial charge in [-0.3, -0.25) is 9.88 Å². The van der Waals surface area contributed by atoms with Crippen LogP contribution in [0.1, 0.15) is 18.4 Å². The molecule has 3 rings (SSSR count). The van der Waals surface area contributed by atoms with E-state index in [-0.39, 0.29) is 0 Å². The summed E-state index contributed by atoms with van der Waals surface area (Å²) in [6, 6.07) is 5.16. The molecule has 2 fully saturated rings. The highest BCUT2D eigenvalue weighted by atomic mass is 16.5. The number of nitrogens with one attached hydrogen (secondary N) is 1. The van der Waals surface area contributed by atoms with Gasteiger partial charge in [-0.1, -0.05) is 6.07 Å². The Hall–Kier alpha value is -0.970. The van der Waals surface area contributed by atoms with Gasteiger partial charge in [0.25, 0.3) is 0 Å². The molecule has 0 amide bonds. The number of aromatic nitrogens is 1. The van der Waals surface area contributed by atoms with E-state index in [1.54, 1.807) is 0 Å². The summed E-state index contributed by atoms with van der Waals surface area (Å²) in [5.41, 5.74) is 1.26. The topological polar surface area (TPSA) is 37.4 Å². The number of fused-ring (bicyclic) bond motifs is 1. The van der Waals surface area contributed by atoms with Crippen molar-refractivity contribution in [2.45, 2.75) is 37.6 Å². The second-order valence-electron chi connectivity index (χ2n) is 5.34. The molecule has 3 atom stereocenters. The standard InChI is InChI=1S/C14H21N3O/c1-17(10-11-4-2-6-15-8-11)13-9-16-12-5-3-7-18-14(12)13/h2,4,6,8,12-14,16H,3,5,7,9-10H2,1H3/t12-,13-,14+/m1/s1. The van der Waals surface area contributed by atoms with Gasteiger partial charge in [0.05, 0.1) is 6.10 Å². The maximum absolute atomic E-state index is 5.95. The molecule has 2 aliphatic rings. The molecule has 0 bridgehead atoms. The summed E-state index contributed by atoms with van der Waals surface area (Å²) in [4.78, 5) is 6.56. The van der Waals surface area contributed by atoms with Gasteiger partial charge in [0, 0.05) is 44.2 Å². The summed E-state index contributed by atoms with van der Waals surface area (Å²) in [5.74, 6) is 0. The Morgan fingerprint density at radius 2 is 2.50 bits per heavy atom. The van der Waals surface area contributed by atoms with Gasteiger partial charge < -0.3 is 10.1 Å². The summed E-state index contributed by atoms with van der Waals surface area (Å²) in [6.07, 6.45) is 6.56. The number of hydrogen-bond donors (Lipinski definition) is 1. The number of likely N-dealkylation sites (N-methyl/N-ethyl adjacent to an activating group) is 1. The van der Waals surface area contributed by atoms with Crippen LogP contribution < -0.4 is 5.32 Å². The molecule has 1 N–H and O–H groups in total. The molecule has 98 valence electrons. The van der Waals surface area contributed by atoms with Crippen LogP contribution in [0, 0.1) is 0 Å². The molecule has 2 aliphatic heterocycles. The number of rotatable bonds is 3. The van der Waals surface area contributed by atoms with E-state index in [1.165, 1.54) is 18.4 Å². The van der Waals surface area contributed by atoms with Gasteiger partial charge in [-0.15, -0.1) is 0 Å². The zero-order valence-corrected chi connectivity index (χ0v) is 10.9. The largest absolute Gasteiger partial charge is 0.375 e. The lowest BCUT2D eigenvalue weighted by molar-refractivity contribution is -0.0265. The van der Waals surface area contributed by atoms with Crippen LogP contribution in [-0.2, 0) is 11.3 Å². The van der Waals surface area contributed by atoms with E-state index in [2.05, 4.69) is 28.3 Å². The minimum absolute atomic E-state index is 0.362. The Labute approximate surface area is 108 Å². The molecule has 0 saturated carbocycles. The van der Waals surface area contributed by atoms with E-state index in [0.29, 0.717) is 18.2 Å². The van der Waals surface area contributed by atoms with Crippen LogP contribution in [0.5, 0.6) is 0 Å². The van der Waals surface area contributed by atoms with Crippen molar-refractivity contribution in [3.05, 3.63) is 30.1 Å². The van der Waals surface area contributed by atoms with Gasteiger partial charge in [0.2, 0.25) is 0 Å². The molecule has 0 unspecified atom stereocenters. The average molecular weight is 247 g/mol. The molecule has 1 aromatic rings. The molecule has 2 saturated heterocycles. The second-order valence-corrected chi connectivity index (χ2v) is 5.34. The lowest BCUT2D eigenvalue weighted by atomic mass is 10.0. The molecular weight excluding hydrogens is 226 g/mol. The maximum atomic E-state index is 5.95. The van der Waals surface area contributed by atoms with Gasteiger partial charge in [0.1, 0.15) is 0 Å². The highest BCUT2D eigenvalue weighted by Crippen LogP contribution is 2.25. The average Bonchev–Trinajstić information content (AvgIpc) is 2.84. The Morgan fingerprint density at radius 3 is 3.33 bits per heavy atom. The third kappa shape index (κ3) is 2.41. The number of pyridine rings is 1. The predicted molar refractivity (Wildman–Crippen MR) is 70.3 cm³/mol. The quantitative estimate of drug-likeness (QED) is 0.866. The van der Waals surface area contributed by atoms with Crippen molar-refractivity contribution >= 4 is 0 Å². The van der Waals surface area contributed by atoms with Crippen molar-refractivity contribution in [2.24, 2.45) is 0 Å². The molecule has 1 aromatic heterocycles. The molecule has 0 aliphatic carbocycles. The SMILES string of the molecule is CN(Cc1cccnc1)[C@@H]1CN[C@@H]2CCCO[C@H]12. The minimum Gasteiger partial charge on any atom is -0.375 e. The second kappa shape index (κ2) is 5.34. The van der Waals surface area contributed by atoms with Crippen molar-refractivity contribution in [2.75, 3.05) is 20.2 Å². The van der Waals surface area contributed by atoms with Gasteiger partial charge in [-0.25, -0.2) is 0 Å². The van der Waals surface area contributed by atoms with Crippen LogP contribution in [0.15, 0.2) is 24.5 Å². The van der Waals surface area contributed by atoms with Crippen molar-refractivity contribution in [3.63, 3.8) is 0 Å². The van der Waals surface area contributed by atoms with Crippen molar-refractivity contribution in [1.29, 1.82) is 0 Å². The first kappa shape index (κ1) is 12.1. The van der Waals surface area contributed by atoms with Crippen molar-refractivity contribution in [3.8, 4) is 0 Å². The summed E-state index contributed by atoms with van der Waals surface area (Å²) >= 11 is 0. The van der Waals surface area contributed by atoms with E-state index in [4.69, 9.17) is 4.74 Å². The third-order valence-corrected chi connectivity index (χ3v) is 4.06. The maximum Gasteiger partial charge on any atom is 0.0895 e. The Morgan fingerprint density at radius 1 is 1.56 bits per heavy atom. The molecule has 4 heteroatoms. The zero-order chi connectivity index (χ0) is 12.4. The molecule has 0 radical (unpaired) electrons. The highest BCUT2D eigenvalue weighted by molar-refractivity contribution is 5.09. The lowest BCUT2D eigenvalue weighted by Crippen LogP contribution is -2.45. The van der Waals surface area contributed by atoms with E-state index in [1.807, 2.05) is 18.5 Å². The molecule has 3 heterocycles. The Balaban J connectivity index is 1.64. The van der Waals surface area contributed by atoms with E-state index >= 15 is 0 Å². The number of hydrogen-bond acceptors (Lipinski definition) is 4. The highest BCUT2D eigenvalue weighted by Gasteiger charge is 2.40. The van der Waals surface area contributed by atoms with Gasteiger partial charge in [0.15, 0.2) is 0 Å². The summed E-state index contributed by atoms with van der Waals surface area (Å²) in [6.45, 7) is 2.89. The first-order valence-electron chi connectivity index (χ1n) is 6.79. The number of nitrogens with zero attached hydrogens (tertiary/aromatic N) is 2. The van der Waals surface area contributed by atoms with Gasteiger partial charge in [-0.2, -0.15) is 0 Å². The summed E-state index contributed by atoms with van der Waals surface area (Å²) in [5, 5.41) is 3.59. The van der Waals surface area contributed by atoms with Crippen LogP contribution in [0.2, 0.25) is 0 Å². The fourth-order valence-electron chi connectivity index (χ4n) is 3.09. The van der Waals surface area contributed by atoms with Gasteiger partial charge >= 0.3 is 0 Å². The Bertz CT molecular complexity index is 384. The van der Waals surface area contributed by atoms with E-state index < -0.39 is 0 Å². The van der Waals surface area contributed by atoms with E-state index in [0.717, 1.165) is 19.7 Å². The van der Waals surface area contributed by atoms with Crippen molar-refractivity contribution in [1.82, 2.24) is 15.2 Å².